The lowest BCUT2D eigenvalue weighted by atomic mass is 10.1. The molecule has 1 aromatic heterocycles. The number of morpholine rings is 1. The monoisotopic (exact) mass is 386 g/mol. The first kappa shape index (κ1) is 18.6. The van der Waals surface area contributed by atoms with Gasteiger partial charge in [-0.2, -0.15) is 0 Å². The van der Waals surface area contributed by atoms with Gasteiger partial charge >= 0.3 is 0 Å². The Bertz CT molecular complexity index is 951. The maximum Gasteiger partial charge on any atom is 0.257 e. The van der Waals surface area contributed by atoms with Crippen LogP contribution in [0.2, 0.25) is 0 Å². The number of nitrogens with one attached hydrogen (secondary N) is 1. The zero-order valence-electron chi connectivity index (χ0n) is 15.9. The maximum absolute atomic E-state index is 14.0. The predicted molar refractivity (Wildman–Crippen MR) is 102 cm³/mol. The molecule has 0 saturated carbocycles. The fourth-order valence-corrected chi connectivity index (χ4v) is 3.91. The largest absolute Gasteiger partial charge is 0.372 e. The second-order valence-corrected chi connectivity index (χ2v) is 7.43. The number of halogens is 1. The number of anilines is 1. The van der Waals surface area contributed by atoms with Crippen molar-refractivity contribution in [2.45, 2.75) is 39.0 Å². The molecule has 2 aromatic rings. The van der Waals surface area contributed by atoms with Crippen LogP contribution in [0.5, 0.6) is 0 Å². The SMILES string of the molecule is C[C@@H]1CN(c2nc3c(c(=O)[nH]2)CCN(C(=O)c2ccccc2F)C3)C[C@H](C)O1. The van der Waals surface area contributed by atoms with Gasteiger partial charge in [0.05, 0.1) is 30.0 Å². The number of aromatic amines is 1. The molecule has 4 rings (SSSR count). The zero-order chi connectivity index (χ0) is 19.8. The number of aromatic nitrogens is 2. The van der Waals surface area contributed by atoms with Crippen LogP contribution in [0.1, 0.15) is 35.5 Å². The number of hydrogen-bond acceptors (Lipinski definition) is 5. The summed E-state index contributed by atoms with van der Waals surface area (Å²) in [6.07, 6.45) is 0.460. The standard InChI is InChI=1S/C20H23FN4O3/c1-12-9-25(10-13(2)28-12)20-22-17-11-24(8-7-15(17)18(26)23-20)19(27)14-5-3-4-6-16(14)21/h3-6,12-13H,7-11H2,1-2H3,(H,22,23,26)/t12-,13+. The van der Waals surface area contributed by atoms with Gasteiger partial charge in [-0.15, -0.1) is 0 Å². The number of ether oxygens (including phenoxy) is 1. The minimum absolute atomic E-state index is 0.0317. The summed E-state index contributed by atoms with van der Waals surface area (Å²) in [5, 5.41) is 0. The Balaban J connectivity index is 1.61. The van der Waals surface area contributed by atoms with Crippen molar-refractivity contribution >= 4 is 11.9 Å². The Morgan fingerprint density at radius 2 is 1.96 bits per heavy atom. The zero-order valence-corrected chi connectivity index (χ0v) is 15.9. The molecule has 28 heavy (non-hydrogen) atoms. The second-order valence-electron chi connectivity index (χ2n) is 7.43. The van der Waals surface area contributed by atoms with Crippen LogP contribution >= 0.6 is 0 Å². The maximum atomic E-state index is 14.0. The van der Waals surface area contributed by atoms with Gasteiger partial charge in [0.15, 0.2) is 0 Å². The van der Waals surface area contributed by atoms with E-state index in [0.29, 0.717) is 43.3 Å². The molecule has 148 valence electrons. The van der Waals surface area contributed by atoms with E-state index >= 15 is 0 Å². The molecule has 1 fully saturated rings. The number of hydrogen-bond donors (Lipinski definition) is 1. The highest BCUT2D eigenvalue weighted by molar-refractivity contribution is 5.94. The number of carbonyl (C=O) groups excluding carboxylic acids is 1. The summed E-state index contributed by atoms with van der Waals surface area (Å²) in [7, 11) is 0. The van der Waals surface area contributed by atoms with Gasteiger partial charge in [0.25, 0.3) is 11.5 Å². The molecule has 1 saturated heterocycles. The highest BCUT2D eigenvalue weighted by atomic mass is 19.1. The summed E-state index contributed by atoms with van der Waals surface area (Å²) < 4.78 is 19.7. The third kappa shape index (κ3) is 3.52. The summed E-state index contributed by atoms with van der Waals surface area (Å²) in [6, 6.07) is 5.93. The van der Waals surface area contributed by atoms with Crippen LogP contribution in [0.15, 0.2) is 29.1 Å². The molecule has 0 unspecified atom stereocenters. The molecule has 1 N–H and O–H groups in total. The summed E-state index contributed by atoms with van der Waals surface area (Å²) in [6.45, 7) is 5.76. The van der Waals surface area contributed by atoms with Crippen LogP contribution in [-0.2, 0) is 17.7 Å². The average Bonchev–Trinajstić information content (AvgIpc) is 2.66. The first-order valence-electron chi connectivity index (χ1n) is 9.48. The van der Waals surface area contributed by atoms with Crippen molar-refractivity contribution in [3.05, 3.63) is 57.3 Å². The summed E-state index contributed by atoms with van der Waals surface area (Å²) in [4.78, 5) is 36.4. The lowest BCUT2D eigenvalue weighted by Gasteiger charge is -2.36. The number of H-pyrrole nitrogens is 1. The molecular formula is C20H23FN4O3. The Labute approximate surface area is 162 Å². The van der Waals surface area contributed by atoms with Gasteiger partial charge in [0.2, 0.25) is 5.95 Å². The lowest BCUT2D eigenvalue weighted by molar-refractivity contribution is -0.00575. The van der Waals surface area contributed by atoms with Gasteiger partial charge < -0.3 is 14.5 Å². The molecule has 0 spiro atoms. The van der Waals surface area contributed by atoms with Gasteiger partial charge in [-0.25, -0.2) is 9.37 Å². The van der Waals surface area contributed by atoms with E-state index in [1.807, 2.05) is 18.7 Å². The smallest absolute Gasteiger partial charge is 0.257 e. The normalized spacial score (nSPS) is 22.1. The van der Waals surface area contributed by atoms with E-state index in [9.17, 15) is 14.0 Å². The highest BCUT2D eigenvalue weighted by Gasteiger charge is 2.29. The molecule has 0 radical (unpaired) electrons. The van der Waals surface area contributed by atoms with Crippen LogP contribution < -0.4 is 10.5 Å². The third-order valence-corrected chi connectivity index (χ3v) is 5.17. The Morgan fingerprint density at radius 3 is 2.68 bits per heavy atom. The van der Waals surface area contributed by atoms with E-state index in [-0.39, 0.29) is 35.8 Å². The van der Waals surface area contributed by atoms with E-state index in [2.05, 4.69) is 9.97 Å². The molecule has 2 aliphatic heterocycles. The van der Waals surface area contributed by atoms with Crippen molar-refractivity contribution in [3.63, 3.8) is 0 Å². The van der Waals surface area contributed by atoms with Crippen LogP contribution in [0.25, 0.3) is 0 Å². The molecule has 2 atom stereocenters. The minimum atomic E-state index is -0.547. The van der Waals surface area contributed by atoms with Crippen molar-refractivity contribution in [2.24, 2.45) is 0 Å². The van der Waals surface area contributed by atoms with E-state index in [4.69, 9.17) is 4.74 Å². The van der Waals surface area contributed by atoms with Gasteiger partial charge in [-0.1, -0.05) is 12.1 Å². The molecule has 1 aromatic carbocycles. The Morgan fingerprint density at radius 1 is 1.25 bits per heavy atom. The van der Waals surface area contributed by atoms with Crippen LogP contribution in [0.3, 0.4) is 0 Å². The van der Waals surface area contributed by atoms with Crippen molar-refractivity contribution in [1.29, 1.82) is 0 Å². The van der Waals surface area contributed by atoms with Crippen molar-refractivity contribution < 1.29 is 13.9 Å². The molecule has 1 amide bonds. The number of nitrogens with zero attached hydrogens (tertiary/aromatic N) is 3. The minimum Gasteiger partial charge on any atom is -0.372 e. The van der Waals surface area contributed by atoms with Gasteiger partial charge in [0, 0.05) is 25.2 Å². The third-order valence-electron chi connectivity index (χ3n) is 5.17. The van der Waals surface area contributed by atoms with Crippen molar-refractivity contribution in [2.75, 3.05) is 24.5 Å². The van der Waals surface area contributed by atoms with E-state index in [0.717, 1.165) is 0 Å². The second kappa shape index (κ2) is 7.35. The predicted octanol–water partition coefficient (Wildman–Crippen LogP) is 1.72. The van der Waals surface area contributed by atoms with Crippen molar-refractivity contribution in [1.82, 2.24) is 14.9 Å². The quantitative estimate of drug-likeness (QED) is 0.850. The molecule has 2 aliphatic rings. The molecule has 8 heteroatoms. The van der Waals surface area contributed by atoms with E-state index < -0.39 is 5.82 Å². The van der Waals surface area contributed by atoms with Crippen LogP contribution in [-0.4, -0.2) is 52.6 Å². The number of benzene rings is 1. The fourth-order valence-electron chi connectivity index (χ4n) is 3.91. The molecular weight excluding hydrogens is 363 g/mol. The highest BCUT2D eigenvalue weighted by Crippen LogP contribution is 2.21. The molecule has 3 heterocycles. The number of amides is 1. The van der Waals surface area contributed by atoms with E-state index in [1.165, 1.54) is 12.1 Å². The number of fused-ring (bicyclic) bond motifs is 1. The van der Waals surface area contributed by atoms with E-state index in [1.54, 1.807) is 17.0 Å². The lowest BCUT2D eigenvalue weighted by Crippen LogP contribution is -2.47. The number of rotatable bonds is 2. The molecule has 0 bridgehead atoms. The first-order chi connectivity index (χ1) is 13.4. The van der Waals surface area contributed by atoms with Crippen LogP contribution in [0, 0.1) is 5.82 Å². The number of carbonyl (C=O) groups is 1. The summed E-state index contributed by atoms with van der Waals surface area (Å²) >= 11 is 0. The molecule has 7 nitrogen and oxygen atoms in total. The van der Waals surface area contributed by atoms with Gasteiger partial charge in [0.1, 0.15) is 5.82 Å². The average molecular weight is 386 g/mol. The van der Waals surface area contributed by atoms with Gasteiger partial charge in [-0.3, -0.25) is 14.6 Å². The van der Waals surface area contributed by atoms with Gasteiger partial charge in [-0.05, 0) is 32.4 Å². The van der Waals surface area contributed by atoms with Crippen LogP contribution in [0.4, 0.5) is 10.3 Å². The first-order valence-corrected chi connectivity index (χ1v) is 9.48. The molecule has 0 aliphatic carbocycles. The fraction of sp³-hybridized carbons (Fsp3) is 0.450. The Hall–Kier alpha value is -2.74. The summed E-state index contributed by atoms with van der Waals surface area (Å²) in [5.41, 5.74) is 1.02. The Kier molecular flexibility index (Phi) is 4.89. The van der Waals surface area contributed by atoms with Crippen molar-refractivity contribution in [3.8, 4) is 0 Å². The topological polar surface area (TPSA) is 78.5 Å². The summed E-state index contributed by atoms with van der Waals surface area (Å²) in [5.74, 6) is -0.443.